The number of aryl methyl sites for hydroxylation is 3. The van der Waals surface area contributed by atoms with Gasteiger partial charge in [-0.25, -0.2) is 0 Å². The van der Waals surface area contributed by atoms with Crippen LogP contribution in [0, 0.1) is 25.2 Å². The van der Waals surface area contributed by atoms with Crippen LogP contribution in [0.1, 0.15) is 63.8 Å². The zero-order chi connectivity index (χ0) is 31.0. The third-order valence-corrected chi connectivity index (χ3v) is 8.59. The molecule has 8 heteroatoms. The Bertz CT molecular complexity index is 1840. The second kappa shape index (κ2) is 11.9. The second-order valence-corrected chi connectivity index (χ2v) is 11.5. The number of fused-ring (bicyclic) bond motifs is 2. The molecule has 0 bridgehead atoms. The summed E-state index contributed by atoms with van der Waals surface area (Å²) >= 11 is 0. The molecule has 0 spiro atoms. The third-order valence-electron chi connectivity index (χ3n) is 8.59. The molecule has 0 unspecified atom stereocenters. The summed E-state index contributed by atoms with van der Waals surface area (Å²) in [5.74, 6) is 1.87. The number of nitriles is 1. The van der Waals surface area contributed by atoms with Crippen molar-refractivity contribution in [2.75, 3.05) is 13.7 Å². The van der Waals surface area contributed by atoms with E-state index in [1.165, 1.54) is 11.7 Å². The van der Waals surface area contributed by atoms with E-state index in [0.29, 0.717) is 23.7 Å². The average molecular weight is 591 g/mol. The first-order valence-corrected chi connectivity index (χ1v) is 14.7. The molecule has 8 nitrogen and oxygen atoms in total. The predicted octanol–water partition coefficient (Wildman–Crippen LogP) is 6.23. The highest BCUT2D eigenvalue weighted by atomic mass is 16.5. The van der Waals surface area contributed by atoms with Crippen LogP contribution in [0.25, 0.3) is 11.1 Å². The van der Waals surface area contributed by atoms with Gasteiger partial charge < -0.3 is 23.5 Å². The van der Waals surface area contributed by atoms with Crippen molar-refractivity contribution in [1.82, 2.24) is 4.57 Å². The van der Waals surface area contributed by atoms with Gasteiger partial charge in [0, 0.05) is 42.4 Å². The summed E-state index contributed by atoms with van der Waals surface area (Å²) in [4.78, 5) is 23.8. The Kier molecular flexibility index (Phi) is 7.88. The van der Waals surface area contributed by atoms with Crippen LogP contribution < -0.4 is 19.8 Å². The van der Waals surface area contributed by atoms with Gasteiger partial charge in [-0.1, -0.05) is 12.1 Å². The fourth-order valence-electron chi connectivity index (χ4n) is 6.36. The van der Waals surface area contributed by atoms with Crippen molar-refractivity contribution >= 4 is 5.97 Å². The number of nitrogens with zero attached hydrogens (tertiary/aromatic N) is 2. The summed E-state index contributed by atoms with van der Waals surface area (Å²) in [6.45, 7) is 4.80. The number of rotatable bonds is 8. The fraction of sp³-hybridized carbons (Fsp3) is 0.306. The molecule has 44 heavy (non-hydrogen) atoms. The van der Waals surface area contributed by atoms with Crippen molar-refractivity contribution in [3.8, 4) is 34.4 Å². The summed E-state index contributed by atoms with van der Waals surface area (Å²) < 4.78 is 24.8. The number of carbonyl (C=O) groups is 1. The van der Waals surface area contributed by atoms with E-state index in [2.05, 4.69) is 6.07 Å². The van der Waals surface area contributed by atoms with Crippen molar-refractivity contribution in [2.45, 2.75) is 51.7 Å². The first-order valence-electron chi connectivity index (χ1n) is 14.7. The Labute approximate surface area is 256 Å². The molecule has 1 aliphatic carbocycles. The summed E-state index contributed by atoms with van der Waals surface area (Å²) in [5, 5.41) is 10.1. The minimum Gasteiger partial charge on any atom is -0.492 e. The van der Waals surface area contributed by atoms with Gasteiger partial charge in [0.2, 0.25) is 0 Å². The maximum atomic E-state index is 12.0. The van der Waals surface area contributed by atoms with Crippen LogP contribution in [0.2, 0.25) is 0 Å². The van der Waals surface area contributed by atoms with Crippen LogP contribution >= 0.6 is 0 Å². The smallest absolute Gasteiger partial charge is 0.306 e. The number of benzene rings is 3. The van der Waals surface area contributed by atoms with Gasteiger partial charge in [0.1, 0.15) is 30.0 Å². The molecule has 4 aromatic rings. The van der Waals surface area contributed by atoms with Gasteiger partial charge in [-0.2, -0.15) is 5.26 Å². The van der Waals surface area contributed by atoms with Crippen LogP contribution in [0.4, 0.5) is 0 Å². The van der Waals surface area contributed by atoms with E-state index < -0.39 is 0 Å². The average Bonchev–Trinajstić information content (AvgIpc) is 3.61. The standard InChI is InChI=1S/C36H34N2O6/c1-21-13-27(42-19-23-11-12-38(3)33(39)15-23)14-22(2)35(21)36-24(18-37)5-7-29-30(36)9-10-31(29)44-26-6-8-28-25(16-34(40)41-4)20-43-32(28)17-26/h5-8,11-15,17,25,31H,9-10,16,19-20H2,1-4H3/t25-,31-/m1/s1. The van der Waals surface area contributed by atoms with E-state index in [0.717, 1.165) is 63.1 Å². The zero-order valence-electron chi connectivity index (χ0n) is 25.3. The fourth-order valence-corrected chi connectivity index (χ4v) is 6.36. The largest absolute Gasteiger partial charge is 0.492 e. The number of pyridine rings is 1. The first kappa shape index (κ1) is 29.1. The Morgan fingerprint density at radius 2 is 1.80 bits per heavy atom. The van der Waals surface area contributed by atoms with Crippen LogP contribution in [0.5, 0.6) is 17.2 Å². The SMILES string of the molecule is COC(=O)C[C@@H]1COc2cc(O[C@@H]3CCc4c3ccc(C#N)c4-c3c(C)cc(OCc4ccn(C)c(=O)c4)cc3C)ccc21. The summed E-state index contributed by atoms with van der Waals surface area (Å²) in [5.41, 5.74) is 8.56. The Morgan fingerprint density at radius 1 is 1.02 bits per heavy atom. The normalized spacial score (nSPS) is 16.4. The Balaban J connectivity index is 1.25. The molecule has 0 fully saturated rings. The minimum atomic E-state index is -0.255. The lowest BCUT2D eigenvalue weighted by Gasteiger charge is -2.19. The molecule has 0 saturated carbocycles. The molecule has 0 saturated heterocycles. The molecule has 224 valence electrons. The van der Waals surface area contributed by atoms with Gasteiger partial charge in [-0.3, -0.25) is 9.59 Å². The van der Waals surface area contributed by atoms with Crippen molar-refractivity contribution in [2.24, 2.45) is 7.05 Å². The number of hydrogen-bond acceptors (Lipinski definition) is 7. The quantitative estimate of drug-likeness (QED) is 0.225. The van der Waals surface area contributed by atoms with E-state index in [-0.39, 0.29) is 36.6 Å². The third kappa shape index (κ3) is 5.53. The molecule has 0 amide bonds. The molecule has 2 aliphatic rings. The van der Waals surface area contributed by atoms with Gasteiger partial charge >= 0.3 is 5.97 Å². The number of esters is 1. The number of methoxy groups -OCH3 is 1. The maximum Gasteiger partial charge on any atom is 0.306 e. The number of ether oxygens (including phenoxy) is 4. The predicted molar refractivity (Wildman–Crippen MR) is 165 cm³/mol. The van der Waals surface area contributed by atoms with Crippen LogP contribution in [-0.4, -0.2) is 24.3 Å². The van der Waals surface area contributed by atoms with Crippen molar-refractivity contribution < 1.29 is 23.7 Å². The van der Waals surface area contributed by atoms with Crippen molar-refractivity contribution in [1.29, 1.82) is 5.26 Å². The molecule has 6 rings (SSSR count). The lowest BCUT2D eigenvalue weighted by Crippen LogP contribution is -2.15. The molecular formula is C36H34N2O6. The van der Waals surface area contributed by atoms with Gasteiger partial charge in [-0.05, 0) is 90.4 Å². The minimum absolute atomic E-state index is 0.0265. The topological polar surface area (TPSA) is 99.8 Å². The van der Waals surface area contributed by atoms with E-state index in [4.69, 9.17) is 18.9 Å². The summed E-state index contributed by atoms with van der Waals surface area (Å²) in [7, 11) is 3.11. The molecular weight excluding hydrogens is 556 g/mol. The van der Waals surface area contributed by atoms with Crippen LogP contribution in [0.3, 0.4) is 0 Å². The highest BCUT2D eigenvalue weighted by Crippen LogP contribution is 2.45. The monoisotopic (exact) mass is 590 g/mol. The number of carbonyl (C=O) groups excluding carboxylic acids is 1. The Hall–Kier alpha value is -5.03. The Morgan fingerprint density at radius 3 is 2.52 bits per heavy atom. The van der Waals surface area contributed by atoms with Crippen LogP contribution in [0.15, 0.2) is 65.6 Å². The number of hydrogen-bond donors (Lipinski definition) is 0. The molecule has 2 heterocycles. The van der Waals surface area contributed by atoms with Crippen molar-refractivity contribution in [3.05, 3.63) is 110 Å². The highest BCUT2D eigenvalue weighted by molar-refractivity contribution is 5.81. The molecule has 1 aliphatic heterocycles. The van der Waals surface area contributed by atoms with E-state index in [1.807, 2.05) is 62.4 Å². The molecule has 3 aromatic carbocycles. The lowest BCUT2D eigenvalue weighted by atomic mass is 9.87. The van der Waals surface area contributed by atoms with Gasteiger partial charge in [0.15, 0.2) is 0 Å². The van der Waals surface area contributed by atoms with Gasteiger partial charge in [0.25, 0.3) is 5.56 Å². The zero-order valence-corrected chi connectivity index (χ0v) is 25.3. The van der Waals surface area contributed by atoms with Gasteiger partial charge in [0.05, 0.1) is 31.8 Å². The number of aromatic nitrogens is 1. The summed E-state index contributed by atoms with van der Waals surface area (Å²) in [6, 6.07) is 19.5. The van der Waals surface area contributed by atoms with Gasteiger partial charge in [-0.15, -0.1) is 0 Å². The maximum absolute atomic E-state index is 12.0. The lowest BCUT2D eigenvalue weighted by molar-refractivity contribution is -0.141. The molecule has 0 N–H and O–H groups in total. The highest BCUT2D eigenvalue weighted by Gasteiger charge is 2.31. The molecule has 0 radical (unpaired) electrons. The molecule has 2 atom stereocenters. The van der Waals surface area contributed by atoms with E-state index >= 15 is 0 Å². The first-order chi connectivity index (χ1) is 21.2. The summed E-state index contributed by atoms with van der Waals surface area (Å²) in [6.07, 6.45) is 3.43. The second-order valence-electron chi connectivity index (χ2n) is 11.5. The van der Waals surface area contributed by atoms with Crippen LogP contribution in [-0.2, 0) is 29.6 Å². The van der Waals surface area contributed by atoms with E-state index in [9.17, 15) is 14.9 Å². The molecule has 1 aromatic heterocycles. The van der Waals surface area contributed by atoms with E-state index in [1.54, 1.807) is 19.3 Å². The van der Waals surface area contributed by atoms with Crippen molar-refractivity contribution in [3.63, 3.8) is 0 Å².